The fourth-order valence-corrected chi connectivity index (χ4v) is 2.93. The van der Waals surface area contributed by atoms with Crippen LogP contribution in [0.2, 0.25) is 0 Å². The van der Waals surface area contributed by atoms with Crippen molar-refractivity contribution in [3.05, 3.63) is 41.7 Å². The highest BCUT2D eigenvalue weighted by atomic mass is 16.5. The van der Waals surface area contributed by atoms with Crippen LogP contribution in [0.15, 0.2) is 30.3 Å². The molecule has 0 aliphatic carbocycles. The second-order valence-corrected chi connectivity index (χ2v) is 6.15. The summed E-state index contributed by atoms with van der Waals surface area (Å²) in [5.41, 5.74) is 1.38. The zero-order valence-corrected chi connectivity index (χ0v) is 14.6. The molecular formula is C18H23N5O2. The Morgan fingerprint density at radius 3 is 2.80 bits per heavy atom. The van der Waals surface area contributed by atoms with Gasteiger partial charge in [-0.05, 0) is 42.3 Å². The molecule has 1 saturated heterocycles. The van der Waals surface area contributed by atoms with Crippen LogP contribution in [0.1, 0.15) is 24.7 Å². The normalized spacial score (nSPS) is 17.7. The van der Waals surface area contributed by atoms with Crippen molar-refractivity contribution in [2.24, 2.45) is 5.92 Å². The van der Waals surface area contributed by atoms with Gasteiger partial charge in [-0.25, -0.2) is 0 Å². The molecule has 0 saturated carbocycles. The van der Waals surface area contributed by atoms with Crippen molar-refractivity contribution >= 4 is 17.7 Å². The topological polar surface area (TPSA) is 73.1 Å². The summed E-state index contributed by atoms with van der Waals surface area (Å²) in [6, 6.07) is 9.73. The maximum absolute atomic E-state index is 13.2. The molecular weight excluding hydrogens is 318 g/mol. The molecule has 1 aromatic carbocycles. The van der Waals surface area contributed by atoms with E-state index in [0.29, 0.717) is 37.1 Å². The zero-order valence-electron chi connectivity index (χ0n) is 14.6. The van der Waals surface area contributed by atoms with Crippen molar-refractivity contribution in [1.29, 1.82) is 0 Å². The van der Waals surface area contributed by atoms with Crippen LogP contribution >= 0.6 is 0 Å². The van der Waals surface area contributed by atoms with Gasteiger partial charge in [0.2, 0.25) is 0 Å². The SMILES string of the molecule is CCN(C[C@@H]1CCOC1)C(=O)/C(=C/c1ccccc1)n1nnnc1C. The number of aryl methyl sites for hydroxylation is 1. The molecule has 0 radical (unpaired) electrons. The van der Waals surface area contributed by atoms with Crippen LogP contribution in [0.25, 0.3) is 11.8 Å². The summed E-state index contributed by atoms with van der Waals surface area (Å²) >= 11 is 0. The first-order valence-electron chi connectivity index (χ1n) is 8.58. The molecule has 7 nitrogen and oxygen atoms in total. The summed E-state index contributed by atoms with van der Waals surface area (Å²) in [4.78, 5) is 15.1. The number of carbonyl (C=O) groups is 1. The van der Waals surface area contributed by atoms with Crippen LogP contribution in [0.4, 0.5) is 0 Å². The Morgan fingerprint density at radius 1 is 1.40 bits per heavy atom. The van der Waals surface area contributed by atoms with Crippen LogP contribution in [0.5, 0.6) is 0 Å². The first kappa shape index (κ1) is 17.3. The molecule has 1 aliphatic rings. The smallest absolute Gasteiger partial charge is 0.272 e. The highest BCUT2D eigenvalue weighted by Gasteiger charge is 2.25. The quantitative estimate of drug-likeness (QED) is 0.750. The Bertz CT molecular complexity index is 735. The lowest BCUT2D eigenvalue weighted by molar-refractivity contribution is -0.125. The summed E-state index contributed by atoms with van der Waals surface area (Å²) in [5, 5.41) is 11.6. The fourth-order valence-electron chi connectivity index (χ4n) is 2.93. The molecule has 25 heavy (non-hydrogen) atoms. The van der Waals surface area contributed by atoms with Gasteiger partial charge in [-0.15, -0.1) is 5.10 Å². The Hall–Kier alpha value is -2.54. The number of likely N-dealkylation sites (N-methyl/N-ethyl adjacent to an activating group) is 1. The number of hydrogen-bond acceptors (Lipinski definition) is 5. The second kappa shape index (κ2) is 8.02. The van der Waals surface area contributed by atoms with Crippen molar-refractivity contribution in [1.82, 2.24) is 25.1 Å². The summed E-state index contributed by atoms with van der Waals surface area (Å²) in [5.74, 6) is 0.890. The number of amides is 1. The predicted octanol–water partition coefficient (Wildman–Crippen LogP) is 1.86. The van der Waals surface area contributed by atoms with E-state index in [1.54, 1.807) is 6.92 Å². The van der Waals surface area contributed by atoms with Gasteiger partial charge in [0.25, 0.3) is 5.91 Å². The van der Waals surface area contributed by atoms with E-state index in [-0.39, 0.29) is 5.91 Å². The van der Waals surface area contributed by atoms with E-state index < -0.39 is 0 Å². The van der Waals surface area contributed by atoms with Gasteiger partial charge in [0.15, 0.2) is 5.82 Å². The number of tetrazole rings is 1. The zero-order chi connectivity index (χ0) is 17.6. The third kappa shape index (κ3) is 4.11. The second-order valence-electron chi connectivity index (χ2n) is 6.15. The van der Waals surface area contributed by atoms with Crippen LogP contribution < -0.4 is 0 Å². The molecule has 1 aromatic heterocycles. The summed E-state index contributed by atoms with van der Waals surface area (Å²) < 4.78 is 6.94. The largest absolute Gasteiger partial charge is 0.381 e. The van der Waals surface area contributed by atoms with Crippen LogP contribution in [-0.2, 0) is 9.53 Å². The van der Waals surface area contributed by atoms with Gasteiger partial charge in [-0.1, -0.05) is 30.3 Å². The van der Waals surface area contributed by atoms with Gasteiger partial charge in [0.05, 0.1) is 6.61 Å². The highest BCUT2D eigenvalue weighted by Crippen LogP contribution is 2.19. The number of aromatic nitrogens is 4. The maximum Gasteiger partial charge on any atom is 0.272 e. The number of carbonyl (C=O) groups excluding carboxylic acids is 1. The van der Waals surface area contributed by atoms with Gasteiger partial charge in [-0.3, -0.25) is 4.79 Å². The molecule has 0 N–H and O–H groups in total. The maximum atomic E-state index is 13.2. The van der Waals surface area contributed by atoms with Crippen molar-refractivity contribution in [2.45, 2.75) is 20.3 Å². The number of benzene rings is 1. The number of rotatable bonds is 6. The first-order chi connectivity index (χ1) is 12.2. The Labute approximate surface area is 147 Å². The summed E-state index contributed by atoms with van der Waals surface area (Å²) in [6.45, 7) is 6.57. The Balaban J connectivity index is 1.91. The predicted molar refractivity (Wildman–Crippen MR) is 94.3 cm³/mol. The van der Waals surface area contributed by atoms with Gasteiger partial charge < -0.3 is 9.64 Å². The average Bonchev–Trinajstić information content (AvgIpc) is 3.29. The van der Waals surface area contributed by atoms with Gasteiger partial charge in [-0.2, -0.15) is 4.68 Å². The van der Waals surface area contributed by atoms with Gasteiger partial charge in [0.1, 0.15) is 5.70 Å². The number of hydrogen-bond donors (Lipinski definition) is 0. The molecule has 0 bridgehead atoms. The standard InChI is InChI=1S/C18H23N5O2/c1-3-22(12-16-9-10-25-13-16)18(24)17(23-14(2)19-20-21-23)11-15-7-5-4-6-8-15/h4-8,11,16H,3,9-10,12-13H2,1-2H3/b17-11-/t16-/m0/s1. The van der Waals surface area contributed by atoms with Crippen LogP contribution in [0, 0.1) is 12.8 Å². The first-order valence-corrected chi connectivity index (χ1v) is 8.58. The third-order valence-electron chi connectivity index (χ3n) is 4.35. The fraction of sp³-hybridized carbons (Fsp3) is 0.444. The van der Waals surface area contributed by atoms with E-state index in [1.807, 2.05) is 48.2 Å². The molecule has 0 unspecified atom stereocenters. The van der Waals surface area contributed by atoms with E-state index >= 15 is 0 Å². The third-order valence-corrected chi connectivity index (χ3v) is 4.35. The highest BCUT2D eigenvalue weighted by molar-refractivity contribution is 6.18. The number of nitrogens with zero attached hydrogens (tertiary/aromatic N) is 5. The van der Waals surface area contributed by atoms with Crippen molar-refractivity contribution in [3.8, 4) is 0 Å². The molecule has 1 atom stereocenters. The van der Waals surface area contributed by atoms with Gasteiger partial charge in [0, 0.05) is 25.6 Å². The minimum atomic E-state index is -0.0753. The van der Waals surface area contributed by atoms with Crippen molar-refractivity contribution < 1.29 is 9.53 Å². The molecule has 1 amide bonds. The van der Waals surface area contributed by atoms with Crippen molar-refractivity contribution in [2.75, 3.05) is 26.3 Å². The number of ether oxygens (including phenoxy) is 1. The lowest BCUT2D eigenvalue weighted by Crippen LogP contribution is -2.37. The lowest BCUT2D eigenvalue weighted by Gasteiger charge is -2.25. The molecule has 3 rings (SSSR count). The molecule has 1 aliphatic heterocycles. The summed E-state index contributed by atoms with van der Waals surface area (Å²) in [7, 11) is 0. The molecule has 1 fully saturated rings. The van der Waals surface area contributed by atoms with E-state index in [4.69, 9.17) is 4.74 Å². The van der Waals surface area contributed by atoms with E-state index in [0.717, 1.165) is 18.6 Å². The summed E-state index contributed by atoms with van der Waals surface area (Å²) in [6.07, 6.45) is 2.82. The van der Waals surface area contributed by atoms with E-state index in [9.17, 15) is 4.79 Å². The van der Waals surface area contributed by atoms with Crippen LogP contribution in [0.3, 0.4) is 0 Å². The molecule has 2 heterocycles. The molecule has 7 heteroatoms. The molecule has 2 aromatic rings. The van der Waals surface area contributed by atoms with Crippen LogP contribution in [-0.4, -0.2) is 57.3 Å². The lowest BCUT2D eigenvalue weighted by atomic mass is 10.1. The average molecular weight is 341 g/mol. The molecule has 132 valence electrons. The Morgan fingerprint density at radius 2 is 2.20 bits per heavy atom. The van der Waals surface area contributed by atoms with E-state index in [1.165, 1.54) is 4.68 Å². The van der Waals surface area contributed by atoms with E-state index in [2.05, 4.69) is 15.5 Å². The monoisotopic (exact) mass is 341 g/mol. The van der Waals surface area contributed by atoms with Crippen molar-refractivity contribution in [3.63, 3.8) is 0 Å². The minimum absolute atomic E-state index is 0.0753. The van der Waals surface area contributed by atoms with Gasteiger partial charge >= 0.3 is 0 Å². The Kier molecular flexibility index (Phi) is 5.55. The minimum Gasteiger partial charge on any atom is -0.381 e. The molecule has 0 spiro atoms.